The lowest BCUT2D eigenvalue weighted by Crippen LogP contribution is -2.21. The first-order valence-corrected chi connectivity index (χ1v) is 7.74. The number of nitrogens with zero attached hydrogens (tertiary/aromatic N) is 1. The summed E-state index contributed by atoms with van der Waals surface area (Å²) in [6.07, 6.45) is 2.51. The van der Waals surface area contributed by atoms with Crippen LogP contribution in [0.2, 0.25) is 5.02 Å². The number of amides is 1. The van der Waals surface area contributed by atoms with Gasteiger partial charge in [-0.25, -0.2) is 8.42 Å². The van der Waals surface area contributed by atoms with Crippen LogP contribution in [0, 0.1) is 0 Å². The summed E-state index contributed by atoms with van der Waals surface area (Å²) >= 11 is 5.74. The van der Waals surface area contributed by atoms with E-state index in [-0.39, 0.29) is 21.2 Å². The molecule has 1 aromatic heterocycles. The van der Waals surface area contributed by atoms with Crippen molar-refractivity contribution in [1.82, 2.24) is 10.3 Å². The number of hydrogen-bond donors (Lipinski definition) is 2. The van der Waals surface area contributed by atoms with Gasteiger partial charge in [0, 0.05) is 19.4 Å². The Hall–Kier alpha value is -2.12. The number of benzene rings is 1. The molecule has 1 aromatic carbocycles. The summed E-state index contributed by atoms with van der Waals surface area (Å²) in [6, 6.07) is 7.57. The van der Waals surface area contributed by atoms with Gasteiger partial charge >= 0.3 is 0 Å². The maximum Gasteiger partial charge on any atom is 0.263 e. The van der Waals surface area contributed by atoms with E-state index in [2.05, 4.69) is 15.0 Å². The van der Waals surface area contributed by atoms with Crippen LogP contribution in [0.25, 0.3) is 0 Å². The minimum atomic E-state index is -3.88. The Morgan fingerprint density at radius 1 is 1.24 bits per heavy atom. The molecule has 0 radical (unpaired) electrons. The lowest BCUT2D eigenvalue weighted by atomic mass is 10.2. The molecule has 0 aliphatic carbocycles. The number of carbonyl (C=O) groups excluding carboxylic acids is 1. The van der Waals surface area contributed by atoms with Crippen molar-refractivity contribution in [2.24, 2.45) is 0 Å². The first-order valence-electron chi connectivity index (χ1n) is 5.88. The van der Waals surface area contributed by atoms with Crippen LogP contribution < -0.4 is 10.0 Å². The quantitative estimate of drug-likeness (QED) is 0.898. The van der Waals surface area contributed by atoms with Gasteiger partial charge < -0.3 is 5.32 Å². The van der Waals surface area contributed by atoms with Crippen LogP contribution >= 0.6 is 11.6 Å². The summed E-state index contributed by atoms with van der Waals surface area (Å²) in [7, 11) is -2.41. The van der Waals surface area contributed by atoms with Crippen LogP contribution in [0.5, 0.6) is 0 Å². The summed E-state index contributed by atoms with van der Waals surface area (Å²) in [4.78, 5) is 15.4. The summed E-state index contributed by atoms with van der Waals surface area (Å²) in [6.45, 7) is 0. The zero-order chi connectivity index (χ0) is 15.5. The number of anilines is 1. The van der Waals surface area contributed by atoms with Crippen molar-refractivity contribution < 1.29 is 13.2 Å². The van der Waals surface area contributed by atoms with Crippen LogP contribution in [0.3, 0.4) is 0 Å². The number of carbonyl (C=O) groups is 1. The van der Waals surface area contributed by atoms with Crippen molar-refractivity contribution in [3.8, 4) is 0 Å². The van der Waals surface area contributed by atoms with Gasteiger partial charge in [-0.1, -0.05) is 23.7 Å². The molecule has 0 unspecified atom stereocenters. The number of nitrogens with one attached hydrogen (secondary N) is 2. The largest absolute Gasteiger partial charge is 0.355 e. The topological polar surface area (TPSA) is 88.2 Å². The van der Waals surface area contributed by atoms with Gasteiger partial charge in [-0.05, 0) is 18.2 Å². The third-order valence-electron chi connectivity index (χ3n) is 2.63. The molecule has 0 atom stereocenters. The van der Waals surface area contributed by atoms with Crippen LogP contribution in [0.1, 0.15) is 10.4 Å². The molecule has 6 nitrogen and oxygen atoms in total. The van der Waals surface area contributed by atoms with E-state index >= 15 is 0 Å². The molecule has 2 N–H and O–H groups in total. The molecule has 0 aliphatic heterocycles. The molecular weight excluding hydrogens is 314 g/mol. The molecule has 0 spiro atoms. The Morgan fingerprint density at radius 3 is 2.62 bits per heavy atom. The van der Waals surface area contributed by atoms with Crippen molar-refractivity contribution >= 4 is 33.2 Å². The van der Waals surface area contributed by atoms with E-state index in [1.807, 2.05) is 0 Å². The fourth-order valence-corrected chi connectivity index (χ4v) is 2.95. The van der Waals surface area contributed by atoms with Crippen molar-refractivity contribution in [2.45, 2.75) is 4.90 Å². The van der Waals surface area contributed by atoms with E-state index in [0.29, 0.717) is 0 Å². The lowest BCUT2D eigenvalue weighted by molar-refractivity contribution is 0.0964. The van der Waals surface area contributed by atoms with Crippen molar-refractivity contribution in [3.05, 3.63) is 53.3 Å². The highest BCUT2D eigenvalue weighted by molar-refractivity contribution is 7.92. The van der Waals surface area contributed by atoms with Crippen LogP contribution in [-0.4, -0.2) is 26.4 Å². The Morgan fingerprint density at radius 2 is 1.95 bits per heavy atom. The predicted octanol–water partition coefficient (Wildman–Crippen LogP) is 1.90. The second kappa shape index (κ2) is 6.11. The van der Waals surface area contributed by atoms with Gasteiger partial charge in [0.25, 0.3) is 15.9 Å². The van der Waals surface area contributed by atoms with Gasteiger partial charge in [0.05, 0.1) is 16.3 Å². The third-order valence-corrected chi connectivity index (χ3v) is 4.17. The van der Waals surface area contributed by atoms with Crippen LogP contribution in [0.15, 0.2) is 47.6 Å². The van der Waals surface area contributed by atoms with E-state index in [0.717, 1.165) is 0 Å². The van der Waals surface area contributed by atoms with E-state index in [1.165, 1.54) is 37.6 Å². The number of halogens is 1. The fraction of sp³-hybridized carbons (Fsp3) is 0.0769. The number of hydrogen-bond acceptors (Lipinski definition) is 4. The predicted molar refractivity (Wildman–Crippen MR) is 79.9 cm³/mol. The molecule has 0 aliphatic rings. The summed E-state index contributed by atoms with van der Waals surface area (Å²) in [5, 5.41) is 2.66. The molecule has 2 rings (SSSR count). The summed E-state index contributed by atoms with van der Waals surface area (Å²) in [5.41, 5.74) is 0.399. The van der Waals surface area contributed by atoms with Crippen LogP contribution in [0.4, 0.5) is 5.69 Å². The van der Waals surface area contributed by atoms with Crippen molar-refractivity contribution in [1.29, 1.82) is 0 Å². The first kappa shape index (κ1) is 15.3. The van der Waals surface area contributed by atoms with Gasteiger partial charge in [-0.15, -0.1) is 0 Å². The average Bonchev–Trinajstić information content (AvgIpc) is 2.46. The van der Waals surface area contributed by atoms with E-state index in [9.17, 15) is 13.2 Å². The van der Waals surface area contributed by atoms with Gasteiger partial charge in [0.1, 0.15) is 4.90 Å². The molecule has 0 saturated heterocycles. The highest BCUT2D eigenvalue weighted by Crippen LogP contribution is 2.21. The molecule has 0 saturated carbocycles. The van der Waals surface area contributed by atoms with Crippen molar-refractivity contribution in [2.75, 3.05) is 11.8 Å². The highest BCUT2D eigenvalue weighted by Gasteiger charge is 2.18. The smallest absolute Gasteiger partial charge is 0.263 e. The van der Waals surface area contributed by atoms with Gasteiger partial charge in [0.2, 0.25) is 0 Å². The third kappa shape index (κ3) is 3.50. The van der Waals surface area contributed by atoms with Gasteiger partial charge in [0.15, 0.2) is 0 Å². The molecule has 0 fully saturated rings. The first-order chi connectivity index (χ1) is 9.94. The van der Waals surface area contributed by atoms with E-state index < -0.39 is 15.9 Å². The summed E-state index contributed by atoms with van der Waals surface area (Å²) < 4.78 is 26.9. The second-order valence-corrected chi connectivity index (χ2v) is 6.19. The minimum Gasteiger partial charge on any atom is -0.355 e. The zero-order valence-corrected chi connectivity index (χ0v) is 12.6. The van der Waals surface area contributed by atoms with Gasteiger partial charge in [-0.2, -0.15) is 0 Å². The molecule has 21 heavy (non-hydrogen) atoms. The molecule has 1 amide bonds. The van der Waals surface area contributed by atoms with E-state index in [1.54, 1.807) is 12.1 Å². The second-order valence-electron chi connectivity index (χ2n) is 4.07. The fourth-order valence-electron chi connectivity index (χ4n) is 1.65. The molecule has 110 valence electrons. The minimum absolute atomic E-state index is 0.0818. The normalized spacial score (nSPS) is 11.0. The number of rotatable bonds is 4. The monoisotopic (exact) mass is 325 g/mol. The Labute approximate surface area is 127 Å². The summed E-state index contributed by atoms with van der Waals surface area (Å²) in [5.74, 6) is -0.391. The van der Waals surface area contributed by atoms with Gasteiger partial charge in [-0.3, -0.25) is 14.5 Å². The lowest BCUT2D eigenvalue weighted by Gasteiger charge is -2.11. The SMILES string of the molecule is CNC(=O)c1ccccc1NS(=O)(=O)c1cncc(Cl)c1. The molecular formula is C13H12ClN3O3S. The molecule has 8 heteroatoms. The average molecular weight is 326 g/mol. The Balaban J connectivity index is 2.40. The number of aromatic nitrogens is 1. The molecule has 2 aromatic rings. The molecule has 0 bridgehead atoms. The molecule has 1 heterocycles. The Bertz CT molecular complexity index is 778. The van der Waals surface area contributed by atoms with Crippen LogP contribution in [-0.2, 0) is 10.0 Å². The maximum absolute atomic E-state index is 12.3. The number of para-hydroxylation sites is 1. The van der Waals surface area contributed by atoms with E-state index in [4.69, 9.17) is 11.6 Å². The maximum atomic E-state index is 12.3. The number of pyridine rings is 1. The number of sulfonamides is 1. The standard InChI is InChI=1S/C13H12ClN3O3S/c1-15-13(18)11-4-2-3-5-12(11)17-21(19,20)10-6-9(14)7-16-8-10/h2-8,17H,1H3,(H,15,18). The Kier molecular flexibility index (Phi) is 4.44. The van der Waals surface area contributed by atoms with Crippen molar-refractivity contribution in [3.63, 3.8) is 0 Å². The highest BCUT2D eigenvalue weighted by atomic mass is 35.5. The zero-order valence-electron chi connectivity index (χ0n) is 11.0.